The first-order valence-corrected chi connectivity index (χ1v) is 7.45. The Morgan fingerprint density at radius 1 is 1.40 bits per heavy atom. The van der Waals surface area contributed by atoms with Gasteiger partial charge in [-0.05, 0) is 37.1 Å². The quantitative estimate of drug-likeness (QED) is 0.927. The van der Waals surface area contributed by atoms with Gasteiger partial charge in [0.2, 0.25) is 11.8 Å². The molecule has 5 nitrogen and oxygen atoms in total. The molecule has 1 aromatic carbocycles. The minimum absolute atomic E-state index is 0.254. The lowest BCUT2D eigenvalue weighted by Gasteiger charge is -2.12. The van der Waals surface area contributed by atoms with Crippen molar-refractivity contribution < 1.29 is 9.52 Å². The van der Waals surface area contributed by atoms with Gasteiger partial charge in [0.1, 0.15) is 0 Å². The molecule has 0 amide bonds. The van der Waals surface area contributed by atoms with Crippen LogP contribution in [0.5, 0.6) is 0 Å². The van der Waals surface area contributed by atoms with Crippen LogP contribution < -0.4 is 0 Å². The largest absolute Gasteiger partial charge is 0.419 e. The lowest BCUT2D eigenvalue weighted by atomic mass is 10.1. The van der Waals surface area contributed by atoms with E-state index in [-0.39, 0.29) is 6.61 Å². The van der Waals surface area contributed by atoms with Crippen LogP contribution in [-0.4, -0.2) is 39.9 Å². The van der Waals surface area contributed by atoms with Gasteiger partial charge in [0.25, 0.3) is 0 Å². The van der Waals surface area contributed by atoms with Gasteiger partial charge < -0.3 is 9.52 Å². The van der Waals surface area contributed by atoms with Crippen LogP contribution in [0.3, 0.4) is 0 Å². The lowest BCUT2D eigenvalue weighted by Crippen LogP contribution is -2.21. The molecule has 1 aromatic heterocycles. The summed E-state index contributed by atoms with van der Waals surface area (Å²) in [4.78, 5) is 2.24. The van der Waals surface area contributed by atoms with E-state index in [9.17, 15) is 0 Å². The van der Waals surface area contributed by atoms with Gasteiger partial charge in [-0.25, -0.2) is 0 Å². The smallest absolute Gasteiger partial charge is 0.247 e. The Balaban J connectivity index is 1.68. The van der Waals surface area contributed by atoms with E-state index in [0.717, 1.165) is 29.5 Å². The van der Waals surface area contributed by atoms with Gasteiger partial charge in [-0.1, -0.05) is 22.0 Å². The van der Waals surface area contributed by atoms with Crippen molar-refractivity contribution in [2.75, 3.05) is 19.7 Å². The molecular weight excluding hydrogens is 322 g/mol. The molecule has 2 heterocycles. The highest BCUT2D eigenvalue weighted by Gasteiger charge is 2.23. The summed E-state index contributed by atoms with van der Waals surface area (Å²) in [5.74, 6) is 1.54. The normalized spacial score (nSPS) is 19.6. The topological polar surface area (TPSA) is 62.4 Å². The fraction of sp³-hybridized carbons (Fsp3) is 0.429. The number of nitrogens with zero attached hydrogens (tertiary/aromatic N) is 3. The van der Waals surface area contributed by atoms with Crippen molar-refractivity contribution in [3.05, 3.63) is 34.6 Å². The summed E-state index contributed by atoms with van der Waals surface area (Å²) in [5, 5.41) is 17.3. The molecule has 6 heteroatoms. The van der Waals surface area contributed by atoms with Gasteiger partial charge >= 0.3 is 0 Å². The third-order valence-electron chi connectivity index (χ3n) is 3.53. The summed E-state index contributed by atoms with van der Waals surface area (Å²) in [6.07, 6.45) is 1.03. The van der Waals surface area contributed by atoms with Crippen LogP contribution in [0, 0.1) is 5.92 Å². The second kappa shape index (κ2) is 6.03. The number of rotatable bonds is 4. The van der Waals surface area contributed by atoms with E-state index in [1.165, 1.54) is 0 Å². The van der Waals surface area contributed by atoms with Gasteiger partial charge in [0.05, 0.1) is 6.54 Å². The van der Waals surface area contributed by atoms with E-state index in [2.05, 4.69) is 31.0 Å². The third kappa shape index (κ3) is 3.08. The number of halogens is 1. The number of likely N-dealkylation sites (tertiary alicyclic amines) is 1. The Hall–Kier alpha value is -1.24. The fourth-order valence-corrected chi connectivity index (χ4v) is 2.85. The molecule has 3 rings (SSSR count). The van der Waals surface area contributed by atoms with E-state index in [0.29, 0.717) is 24.2 Å². The lowest BCUT2D eigenvalue weighted by molar-refractivity contribution is 0.215. The first-order chi connectivity index (χ1) is 9.74. The van der Waals surface area contributed by atoms with Crippen LogP contribution in [-0.2, 0) is 6.54 Å². The van der Waals surface area contributed by atoms with Crippen molar-refractivity contribution in [2.45, 2.75) is 13.0 Å². The molecule has 0 bridgehead atoms. The Morgan fingerprint density at radius 2 is 2.30 bits per heavy atom. The van der Waals surface area contributed by atoms with Gasteiger partial charge in [-0.3, -0.25) is 4.90 Å². The molecular formula is C14H16BrN3O2. The Morgan fingerprint density at radius 3 is 3.05 bits per heavy atom. The van der Waals surface area contributed by atoms with Crippen LogP contribution in [0.15, 0.2) is 33.2 Å². The van der Waals surface area contributed by atoms with E-state index in [1.54, 1.807) is 0 Å². The molecule has 1 unspecified atom stereocenters. The first-order valence-electron chi connectivity index (χ1n) is 6.66. The predicted molar refractivity (Wildman–Crippen MR) is 77.9 cm³/mol. The Labute approximate surface area is 125 Å². The molecule has 1 aliphatic rings. The molecule has 106 valence electrons. The maximum absolute atomic E-state index is 9.15. The zero-order chi connectivity index (χ0) is 13.9. The number of benzene rings is 1. The average Bonchev–Trinajstić information content (AvgIpc) is 3.08. The fourth-order valence-electron chi connectivity index (χ4n) is 2.45. The van der Waals surface area contributed by atoms with Crippen molar-refractivity contribution in [3.63, 3.8) is 0 Å². The number of aliphatic hydroxyl groups is 1. The first kappa shape index (κ1) is 13.7. The standard InChI is InChI=1S/C14H16BrN3O2/c15-12-3-1-2-11(6-12)14-17-16-13(20-14)8-18-5-4-10(7-18)9-19/h1-3,6,10,19H,4-5,7-9H2. The van der Waals surface area contributed by atoms with Crippen molar-refractivity contribution in [1.29, 1.82) is 0 Å². The highest BCUT2D eigenvalue weighted by atomic mass is 79.9. The van der Waals surface area contributed by atoms with E-state index >= 15 is 0 Å². The molecule has 1 N–H and O–H groups in total. The van der Waals surface area contributed by atoms with Crippen LogP contribution in [0.2, 0.25) is 0 Å². The summed E-state index contributed by atoms with van der Waals surface area (Å²) in [6.45, 7) is 2.77. The molecule has 0 radical (unpaired) electrons. The van der Waals surface area contributed by atoms with Crippen molar-refractivity contribution in [3.8, 4) is 11.5 Å². The van der Waals surface area contributed by atoms with Gasteiger partial charge in [-0.15, -0.1) is 10.2 Å². The van der Waals surface area contributed by atoms with Crippen molar-refractivity contribution >= 4 is 15.9 Å². The Bertz CT molecular complexity index is 587. The molecule has 1 aliphatic heterocycles. The number of hydrogen-bond acceptors (Lipinski definition) is 5. The second-order valence-electron chi connectivity index (χ2n) is 5.08. The highest BCUT2D eigenvalue weighted by Crippen LogP contribution is 2.23. The van der Waals surface area contributed by atoms with E-state index in [4.69, 9.17) is 9.52 Å². The van der Waals surface area contributed by atoms with Gasteiger partial charge in [0.15, 0.2) is 0 Å². The summed E-state index contributed by atoms with van der Waals surface area (Å²) in [6, 6.07) is 7.80. The summed E-state index contributed by atoms with van der Waals surface area (Å²) in [7, 11) is 0. The molecule has 20 heavy (non-hydrogen) atoms. The summed E-state index contributed by atoms with van der Waals surface area (Å²) in [5.41, 5.74) is 0.910. The third-order valence-corrected chi connectivity index (χ3v) is 4.02. The predicted octanol–water partition coefficient (Wildman–Crippen LogP) is 2.31. The molecule has 1 atom stereocenters. The molecule has 1 fully saturated rings. The van der Waals surface area contributed by atoms with Gasteiger partial charge in [-0.2, -0.15) is 0 Å². The van der Waals surface area contributed by atoms with Crippen LogP contribution in [0.4, 0.5) is 0 Å². The van der Waals surface area contributed by atoms with Crippen LogP contribution >= 0.6 is 15.9 Å². The van der Waals surface area contributed by atoms with Crippen LogP contribution in [0.1, 0.15) is 12.3 Å². The second-order valence-corrected chi connectivity index (χ2v) is 6.00. The maximum Gasteiger partial charge on any atom is 0.247 e. The molecule has 2 aromatic rings. The summed E-state index contributed by atoms with van der Waals surface area (Å²) >= 11 is 3.43. The zero-order valence-corrected chi connectivity index (χ0v) is 12.6. The van der Waals surface area contributed by atoms with Crippen molar-refractivity contribution in [1.82, 2.24) is 15.1 Å². The monoisotopic (exact) mass is 337 g/mol. The maximum atomic E-state index is 9.15. The molecule has 0 saturated carbocycles. The summed E-state index contributed by atoms with van der Waals surface area (Å²) < 4.78 is 6.69. The van der Waals surface area contributed by atoms with Crippen LogP contribution in [0.25, 0.3) is 11.5 Å². The Kier molecular flexibility index (Phi) is 4.14. The molecule has 0 aliphatic carbocycles. The minimum atomic E-state index is 0.254. The van der Waals surface area contributed by atoms with E-state index in [1.807, 2.05) is 24.3 Å². The zero-order valence-electron chi connectivity index (χ0n) is 11.0. The van der Waals surface area contributed by atoms with Gasteiger partial charge in [0, 0.05) is 23.2 Å². The average molecular weight is 338 g/mol. The number of hydrogen-bond donors (Lipinski definition) is 1. The SMILES string of the molecule is OCC1CCN(Cc2nnc(-c3cccc(Br)c3)o2)C1. The van der Waals surface area contributed by atoms with E-state index < -0.39 is 0 Å². The molecule has 0 spiro atoms. The number of aliphatic hydroxyl groups excluding tert-OH is 1. The minimum Gasteiger partial charge on any atom is -0.419 e. The van der Waals surface area contributed by atoms with Crippen molar-refractivity contribution in [2.24, 2.45) is 5.92 Å². The molecule has 1 saturated heterocycles. The highest BCUT2D eigenvalue weighted by molar-refractivity contribution is 9.10. The number of aromatic nitrogens is 2.